The molecule has 0 radical (unpaired) electrons. The second-order valence-corrected chi connectivity index (χ2v) is 11.1. The topological polar surface area (TPSA) is 86.8 Å². The van der Waals surface area contributed by atoms with E-state index in [-0.39, 0.29) is 16.3 Å². The van der Waals surface area contributed by atoms with Crippen molar-refractivity contribution in [3.8, 4) is 0 Å². The van der Waals surface area contributed by atoms with Gasteiger partial charge in [-0.2, -0.15) is 4.31 Å². The molecule has 2 aromatic carbocycles. The Morgan fingerprint density at radius 1 is 0.967 bits per heavy atom. The fourth-order valence-corrected chi connectivity index (χ4v) is 6.10. The molecule has 1 heterocycles. The Morgan fingerprint density at radius 2 is 1.60 bits per heavy atom. The first kappa shape index (κ1) is 22.7. The van der Waals surface area contributed by atoms with Crippen LogP contribution >= 0.6 is 0 Å². The zero-order valence-corrected chi connectivity index (χ0v) is 19.0. The Balaban J connectivity index is 1.64. The van der Waals surface area contributed by atoms with Crippen molar-refractivity contribution in [2.45, 2.75) is 36.5 Å². The molecule has 0 atom stereocenters. The Labute approximate surface area is 179 Å². The van der Waals surface area contributed by atoms with E-state index in [2.05, 4.69) is 15.7 Å². The highest BCUT2D eigenvalue weighted by atomic mass is 32.2. The Bertz CT molecular complexity index is 1060. The zero-order chi connectivity index (χ0) is 21.8. The molecule has 2 aromatic rings. The lowest BCUT2D eigenvalue weighted by molar-refractivity contribution is 0.477. The highest BCUT2D eigenvalue weighted by Crippen LogP contribution is 2.22. The quantitative estimate of drug-likeness (QED) is 0.633. The molecule has 9 heteroatoms. The number of aryl methyl sites for hydroxylation is 1. The second-order valence-electron chi connectivity index (χ2n) is 7.40. The molecule has 0 spiro atoms. The van der Waals surface area contributed by atoms with Crippen LogP contribution in [0.5, 0.6) is 0 Å². The molecular weight excluding hydrogens is 422 g/mol. The summed E-state index contributed by atoms with van der Waals surface area (Å²) in [5.74, 6) is 0. The average molecular weight is 452 g/mol. The Morgan fingerprint density at radius 3 is 2.20 bits per heavy atom. The number of anilines is 1. The van der Waals surface area contributed by atoms with Crippen molar-refractivity contribution in [2.75, 3.05) is 37.6 Å². The van der Waals surface area contributed by atoms with Crippen LogP contribution in [0, 0.1) is 6.92 Å². The number of likely N-dealkylation sites (N-methyl/N-ethyl adjacent to an activating group) is 1. The van der Waals surface area contributed by atoms with E-state index in [1.54, 1.807) is 0 Å². The molecule has 0 amide bonds. The van der Waals surface area contributed by atoms with Crippen molar-refractivity contribution in [1.29, 1.82) is 0 Å². The molecule has 0 saturated carbocycles. The maximum Gasteiger partial charge on any atom is 0.243 e. The molecule has 0 aromatic heterocycles. The molecule has 1 fully saturated rings. The number of nitrogens with zero attached hydrogens (tertiary/aromatic N) is 2. The van der Waals surface area contributed by atoms with Crippen LogP contribution in [0.4, 0.5) is 5.69 Å². The van der Waals surface area contributed by atoms with Gasteiger partial charge in [0.1, 0.15) is 0 Å². The van der Waals surface area contributed by atoms with Crippen LogP contribution in [0.2, 0.25) is 0 Å². The van der Waals surface area contributed by atoms with E-state index in [1.165, 1.54) is 28.6 Å². The van der Waals surface area contributed by atoms with Crippen molar-refractivity contribution >= 4 is 25.7 Å². The molecule has 3 rings (SSSR count). The van der Waals surface area contributed by atoms with Crippen molar-refractivity contribution in [3.63, 3.8) is 0 Å². The standard InChI is InChI=1S/C21H29N3O4S2/c1-3-23(19-8-6-7-18(2)17-19)16-13-22-29(25,26)20-9-11-21(12-10-20)30(27,28)24-14-4-5-15-24/h6-12,17,22H,3-5,13-16H2,1-2H3. The van der Waals surface area contributed by atoms with E-state index in [4.69, 9.17) is 0 Å². The Hall–Kier alpha value is -1.94. The second kappa shape index (κ2) is 9.47. The summed E-state index contributed by atoms with van der Waals surface area (Å²) in [6.07, 6.45) is 1.71. The molecule has 1 aliphatic heterocycles. The maximum atomic E-state index is 12.6. The average Bonchev–Trinajstić information content (AvgIpc) is 3.27. The summed E-state index contributed by atoms with van der Waals surface area (Å²) in [4.78, 5) is 2.28. The number of benzene rings is 2. The van der Waals surface area contributed by atoms with Crippen molar-refractivity contribution in [1.82, 2.24) is 9.03 Å². The van der Waals surface area contributed by atoms with Gasteiger partial charge in [0.2, 0.25) is 20.0 Å². The largest absolute Gasteiger partial charge is 0.370 e. The number of sulfonamides is 2. The summed E-state index contributed by atoms with van der Waals surface area (Å²) < 4.78 is 54.5. The van der Waals surface area contributed by atoms with Crippen LogP contribution in [0.1, 0.15) is 25.3 Å². The minimum absolute atomic E-state index is 0.0569. The summed E-state index contributed by atoms with van der Waals surface area (Å²) in [5, 5.41) is 0. The fraction of sp³-hybridized carbons (Fsp3) is 0.429. The summed E-state index contributed by atoms with van der Waals surface area (Å²) in [7, 11) is -7.28. The van der Waals surface area contributed by atoms with Crippen LogP contribution in [0.25, 0.3) is 0 Å². The molecule has 0 aliphatic carbocycles. The molecular formula is C21H29N3O4S2. The van der Waals surface area contributed by atoms with Gasteiger partial charge in [0.25, 0.3) is 0 Å². The van der Waals surface area contributed by atoms with E-state index < -0.39 is 20.0 Å². The predicted molar refractivity (Wildman–Crippen MR) is 119 cm³/mol. The zero-order valence-electron chi connectivity index (χ0n) is 17.4. The monoisotopic (exact) mass is 451 g/mol. The lowest BCUT2D eigenvalue weighted by atomic mass is 10.2. The van der Waals surface area contributed by atoms with Gasteiger partial charge in [0.15, 0.2) is 0 Å². The number of nitrogens with one attached hydrogen (secondary N) is 1. The maximum absolute atomic E-state index is 12.6. The van der Waals surface area contributed by atoms with Crippen molar-refractivity contribution < 1.29 is 16.8 Å². The van der Waals surface area contributed by atoms with Crippen LogP contribution in [0.15, 0.2) is 58.3 Å². The highest BCUT2D eigenvalue weighted by molar-refractivity contribution is 7.89. The lowest BCUT2D eigenvalue weighted by Gasteiger charge is -2.23. The van der Waals surface area contributed by atoms with E-state index >= 15 is 0 Å². The van der Waals surface area contributed by atoms with Gasteiger partial charge in [-0.1, -0.05) is 12.1 Å². The van der Waals surface area contributed by atoms with Crippen LogP contribution in [-0.2, 0) is 20.0 Å². The smallest absolute Gasteiger partial charge is 0.243 e. The summed E-state index contributed by atoms with van der Waals surface area (Å²) in [6.45, 7) is 6.61. The number of hydrogen-bond acceptors (Lipinski definition) is 5. The number of rotatable bonds is 9. The molecule has 1 aliphatic rings. The highest BCUT2D eigenvalue weighted by Gasteiger charge is 2.27. The molecule has 0 bridgehead atoms. The third-order valence-corrected chi connectivity index (χ3v) is 8.65. The molecule has 164 valence electrons. The number of hydrogen-bond donors (Lipinski definition) is 1. The van der Waals surface area contributed by atoms with Gasteiger partial charge < -0.3 is 4.90 Å². The third kappa shape index (κ3) is 5.21. The first-order valence-electron chi connectivity index (χ1n) is 10.2. The predicted octanol–water partition coefficient (Wildman–Crippen LogP) is 2.58. The van der Waals surface area contributed by atoms with Gasteiger partial charge in [0.05, 0.1) is 9.79 Å². The van der Waals surface area contributed by atoms with Crippen LogP contribution in [-0.4, -0.2) is 53.9 Å². The minimum Gasteiger partial charge on any atom is -0.370 e. The molecule has 0 unspecified atom stereocenters. The van der Waals surface area contributed by atoms with Gasteiger partial charge in [-0.05, 0) is 68.7 Å². The summed E-state index contributed by atoms with van der Waals surface area (Å²) in [5.41, 5.74) is 2.20. The van der Waals surface area contributed by atoms with Crippen molar-refractivity contribution in [3.05, 3.63) is 54.1 Å². The fourth-order valence-electron chi connectivity index (χ4n) is 3.56. The van der Waals surface area contributed by atoms with Gasteiger partial charge in [-0.25, -0.2) is 21.6 Å². The summed E-state index contributed by atoms with van der Waals surface area (Å²) in [6, 6.07) is 13.5. The summed E-state index contributed by atoms with van der Waals surface area (Å²) >= 11 is 0. The third-order valence-electron chi connectivity index (χ3n) is 5.26. The minimum atomic E-state index is -3.72. The normalized spacial score (nSPS) is 15.4. The lowest BCUT2D eigenvalue weighted by Crippen LogP contribution is -2.35. The van der Waals surface area contributed by atoms with Crippen LogP contribution in [0.3, 0.4) is 0 Å². The molecule has 7 nitrogen and oxygen atoms in total. The van der Waals surface area contributed by atoms with Gasteiger partial charge in [-0.3, -0.25) is 0 Å². The van der Waals surface area contributed by atoms with Crippen molar-refractivity contribution in [2.24, 2.45) is 0 Å². The van der Waals surface area contributed by atoms with E-state index in [0.717, 1.165) is 30.6 Å². The van der Waals surface area contributed by atoms with E-state index in [0.29, 0.717) is 19.6 Å². The van der Waals surface area contributed by atoms with E-state index in [1.807, 2.05) is 32.0 Å². The first-order valence-corrected chi connectivity index (χ1v) is 13.1. The molecule has 1 N–H and O–H groups in total. The Kier molecular flexibility index (Phi) is 7.18. The van der Waals surface area contributed by atoms with Gasteiger partial charge in [0, 0.05) is 38.4 Å². The SMILES string of the molecule is CCN(CCNS(=O)(=O)c1ccc(S(=O)(=O)N2CCCC2)cc1)c1cccc(C)c1. The first-order chi connectivity index (χ1) is 14.2. The van der Waals surface area contributed by atoms with Crippen LogP contribution < -0.4 is 9.62 Å². The van der Waals surface area contributed by atoms with E-state index in [9.17, 15) is 16.8 Å². The van der Waals surface area contributed by atoms with Gasteiger partial charge >= 0.3 is 0 Å². The molecule has 30 heavy (non-hydrogen) atoms. The molecule has 1 saturated heterocycles. The van der Waals surface area contributed by atoms with Gasteiger partial charge in [-0.15, -0.1) is 0 Å².